The number of allylic oxidation sites excluding steroid dienone is 18. The normalized spacial score (nSPS) is 12.9. The van der Waals surface area contributed by atoms with E-state index in [0.717, 1.165) is 103 Å². The molecule has 0 unspecified atom stereocenters. The summed E-state index contributed by atoms with van der Waals surface area (Å²) in [5.74, 6) is -1.00. The Kier molecular flexibility index (Phi) is 53.4. The van der Waals surface area contributed by atoms with E-state index < -0.39 is 6.10 Å². The molecule has 0 aromatic heterocycles. The lowest BCUT2D eigenvalue weighted by molar-refractivity contribution is -0.167. The Labute approximate surface area is 425 Å². The Balaban J connectivity index is 4.54. The second kappa shape index (κ2) is 56.7. The molecule has 0 amide bonds. The van der Waals surface area contributed by atoms with Crippen molar-refractivity contribution < 1.29 is 28.6 Å². The lowest BCUT2D eigenvalue weighted by atomic mass is 10.0. The third kappa shape index (κ3) is 54.9. The molecule has 0 saturated carbocycles. The first-order valence-corrected chi connectivity index (χ1v) is 28.4. The van der Waals surface area contributed by atoms with Crippen molar-refractivity contribution in [2.24, 2.45) is 0 Å². The van der Waals surface area contributed by atoms with Crippen molar-refractivity contribution in [2.45, 2.75) is 258 Å². The lowest BCUT2D eigenvalue weighted by Crippen LogP contribution is -2.30. The monoisotopic (exact) mass is 957 g/mol. The minimum Gasteiger partial charge on any atom is -0.462 e. The van der Waals surface area contributed by atoms with E-state index in [1.54, 1.807) is 0 Å². The van der Waals surface area contributed by atoms with Gasteiger partial charge in [0.15, 0.2) is 6.10 Å². The van der Waals surface area contributed by atoms with Crippen LogP contribution in [-0.4, -0.2) is 37.2 Å². The van der Waals surface area contributed by atoms with Crippen molar-refractivity contribution in [3.63, 3.8) is 0 Å². The summed E-state index contributed by atoms with van der Waals surface area (Å²) < 4.78 is 16.8. The summed E-state index contributed by atoms with van der Waals surface area (Å²) >= 11 is 0. The number of unbranched alkanes of at least 4 members (excludes halogenated alkanes) is 21. The van der Waals surface area contributed by atoms with Gasteiger partial charge in [0.2, 0.25) is 0 Å². The van der Waals surface area contributed by atoms with Crippen LogP contribution in [0.25, 0.3) is 0 Å². The van der Waals surface area contributed by atoms with E-state index in [1.165, 1.54) is 103 Å². The summed E-state index contributed by atoms with van der Waals surface area (Å²) in [6, 6.07) is 0. The largest absolute Gasteiger partial charge is 0.462 e. The van der Waals surface area contributed by atoms with Gasteiger partial charge in [-0.1, -0.05) is 239 Å². The first-order valence-electron chi connectivity index (χ1n) is 28.4. The highest BCUT2D eigenvalue weighted by atomic mass is 16.6. The van der Waals surface area contributed by atoms with Gasteiger partial charge >= 0.3 is 17.9 Å². The maximum atomic E-state index is 12.8. The first kappa shape index (κ1) is 65.1. The molecule has 69 heavy (non-hydrogen) atoms. The minimum atomic E-state index is -0.822. The van der Waals surface area contributed by atoms with Gasteiger partial charge < -0.3 is 14.2 Å². The molecule has 0 N–H and O–H groups in total. The van der Waals surface area contributed by atoms with Crippen LogP contribution in [-0.2, 0) is 28.6 Å². The molecule has 0 heterocycles. The fraction of sp³-hybridized carbons (Fsp3) is 0.667. The SMILES string of the molecule is CC/C=C\C/C=C\C/C=C\C/C=C\C/C=C\CCCC(=O)O[C@H](COC(=O)CCCCC/C=C\C/C=C\C/C=C\C/C=C\CCCCC)COC(=O)CCCCCCCCCCCCCCCCC. The van der Waals surface area contributed by atoms with Crippen LogP contribution in [0.4, 0.5) is 0 Å². The molecular weight excluding hydrogens is 853 g/mol. The van der Waals surface area contributed by atoms with Crippen LogP contribution in [0.2, 0.25) is 0 Å². The Bertz CT molecular complexity index is 1420. The van der Waals surface area contributed by atoms with Crippen molar-refractivity contribution in [3.8, 4) is 0 Å². The highest BCUT2D eigenvalue weighted by Crippen LogP contribution is 2.15. The molecule has 0 radical (unpaired) electrons. The molecule has 0 aliphatic heterocycles. The van der Waals surface area contributed by atoms with Gasteiger partial charge in [-0.25, -0.2) is 0 Å². The molecule has 6 nitrogen and oxygen atoms in total. The summed E-state index contributed by atoms with van der Waals surface area (Å²) in [5, 5.41) is 0. The zero-order valence-electron chi connectivity index (χ0n) is 44.8. The third-order valence-corrected chi connectivity index (χ3v) is 11.8. The topological polar surface area (TPSA) is 78.9 Å². The molecule has 0 aromatic carbocycles. The van der Waals surface area contributed by atoms with Crippen LogP contribution >= 0.6 is 0 Å². The van der Waals surface area contributed by atoms with Crippen LogP contribution in [0, 0.1) is 0 Å². The van der Waals surface area contributed by atoms with E-state index in [1.807, 2.05) is 0 Å². The number of carbonyl (C=O) groups is 3. The molecule has 0 fully saturated rings. The number of hydrogen-bond donors (Lipinski definition) is 0. The summed E-state index contributed by atoms with van der Waals surface area (Å²) in [7, 11) is 0. The maximum Gasteiger partial charge on any atom is 0.306 e. The molecule has 0 aliphatic rings. The van der Waals surface area contributed by atoms with Gasteiger partial charge in [-0.2, -0.15) is 0 Å². The molecule has 0 aliphatic carbocycles. The first-order chi connectivity index (χ1) is 34.0. The number of ether oxygens (including phenoxy) is 3. The molecule has 0 spiro atoms. The van der Waals surface area contributed by atoms with Gasteiger partial charge in [-0.3, -0.25) is 14.4 Å². The number of carbonyl (C=O) groups excluding carboxylic acids is 3. The Morgan fingerprint density at radius 1 is 0.304 bits per heavy atom. The van der Waals surface area contributed by atoms with E-state index in [4.69, 9.17) is 14.2 Å². The zero-order chi connectivity index (χ0) is 50.0. The highest BCUT2D eigenvalue weighted by Gasteiger charge is 2.19. The fourth-order valence-electron chi connectivity index (χ4n) is 7.52. The van der Waals surface area contributed by atoms with Gasteiger partial charge in [-0.15, -0.1) is 0 Å². The summed E-state index contributed by atoms with van der Waals surface area (Å²) in [6.07, 6.45) is 76.5. The van der Waals surface area contributed by atoms with Gasteiger partial charge in [0.25, 0.3) is 0 Å². The molecular formula is C63H104O6. The van der Waals surface area contributed by atoms with E-state index in [2.05, 4.69) is 130 Å². The molecule has 0 aromatic rings. The van der Waals surface area contributed by atoms with Gasteiger partial charge in [0, 0.05) is 19.3 Å². The van der Waals surface area contributed by atoms with Crippen LogP contribution < -0.4 is 0 Å². The van der Waals surface area contributed by atoms with E-state index >= 15 is 0 Å². The summed E-state index contributed by atoms with van der Waals surface area (Å²) in [6.45, 7) is 6.43. The molecule has 0 rings (SSSR count). The smallest absolute Gasteiger partial charge is 0.306 e. The van der Waals surface area contributed by atoms with Gasteiger partial charge in [0.1, 0.15) is 13.2 Å². The summed E-state index contributed by atoms with van der Waals surface area (Å²) in [5.41, 5.74) is 0. The standard InChI is InChI=1S/C63H104O6/c1-4-7-10-13-16-19-22-25-28-30-31-33-35-38-41-44-47-50-53-56-62(65)68-59-60(58-67-61(64)55-52-49-46-43-40-37-34-27-24-21-18-15-12-9-6-3)69-63(66)57-54-51-48-45-42-39-36-32-29-26-23-20-17-14-11-8-5-2/h8,11,16-17,19-20,25-26,28-29,31,33,36,38-39,41,45,48,60H,4-7,9-10,12-15,18,21-24,27,30,32,34-35,37,40,42-44,46-47,49-59H2,1-3H3/b11-8-,19-16-,20-17-,28-25-,29-26-,33-31-,39-36-,41-38-,48-45-/t60-/m0/s1. The predicted molar refractivity (Wildman–Crippen MR) is 297 cm³/mol. The third-order valence-electron chi connectivity index (χ3n) is 11.8. The number of hydrogen-bond acceptors (Lipinski definition) is 6. The van der Waals surface area contributed by atoms with E-state index in [9.17, 15) is 14.4 Å². The van der Waals surface area contributed by atoms with Crippen molar-refractivity contribution in [2.75, 3.05) is 13.2 Å². The van der Waals surface area contributed by atoms with E-state index in [-0.39, 0.29) is 37.5 Å². The Morgan fingerprint density at radius 3 is 0.957 bits per heavy atom. The Morgan fingerprint density at radius 2 is 0.580 bits per heavy atom. The second-order valence-corrected chi connectivity index (χ2v) is 18.5. The average Bonchev–Trinajstić information content (AvgIpc) is 3.35. The van der Waals surface area contributed by atoms with Crippen LogP contribution in [0.1, 0.15) is 252 Å². The van der Waals surface area contributed by atoms with Crippen molar-refractivity contribution in [3.05, 3.63) is 109 Å². The Hall–Kier alpha value is -3.93. The van der Waals surface area contributed by atoms with Crippen molar-refractivity contribution in [1.29, 1.82) is 0 Å². The van der Waals surface area contributed by atoms with Crippen LogP contribution in [0.3, 0.4) is 0 Å². The molecule has 6 heteroatoms. The maximum absolute atomic E-state index is 12.8. The highest BCUT2D eigenvalue weighted by molar-refractivity contribution is 5.71. The molecule has 392 valence electrons. The minimum absolute atomic E-state index is 0.111. The van der Waals surface area contributed by atoms with Crippen LogP contribution in [0.5, 0.6) is 0 Å². The number of esters is 3. The van der Waals surface area contributed by atoms with Gasteiger partial charge in [-0.05, 0) is 103 Å². The average molecular weight is 958 g/mol. The van der Waals surface area contributed by atoms with Crippen molar-refractivity contribution in [1.82, 2.24) is 0 Å². The molecule has 0 saturated heterocycles. The second-order valence-electron chi connectivity index (χ2n) is 18.5. The zero-order valence-corrected chi connectivity index (χ0v) is 44.8. The lowest BCUT2D eigenvalue weighted by Gasteiger charge is -2.18. The predicted octanol–water partition coefficient (Wildman–Crippen LogP) is 19.1. The molecule has 0 bridgehead atoms. The van der Waals surface area contributed by atoms with Crippen LogP contribution in [0.15, 0.2) is 109 Å². The van der Waals surface area contributed by atoms with Gasteiger partial charge in [0.05, 0.1) is 0 Å². The summed E-state index contributed by atoms with van der Waals surface area (Å²) in [4.78, 5) is 38.1. The number of rotatable bonds is 50. The van der Waals surface area contributed by atoms with E-state index in [0.29, 0.717) is 19.3 Å². The van der Waals surface area contributed by atoms with Crippen molar-refractivity contribution >= 4 is 17.9 Å². The molecule has 1 atom stereocenters. The quantitative estimate of drug-likeness (QED) is 0.0262. The fourth-order valence-corrected chi connectivity index (χ4v) is 7.52.